The van der Waals surface area contributed by atoms with E-state index in [1.54, 1.807) is 11.3 Å². The maximum absolute atomic E-state index is 5.70. The number of halogens is 1. The summed E-state index contributed by atoms with van der Waals surface area (Å²) in [5, 5.41) is 2.11. The molecule has 0 aliphatic carbocycles. The molecule has 2 aromatic rings. The Balaban J connectivity index is 2.04. The lowest BCUT2D eigenvalue weighted by atomic mass is 10.2. The molecule has 0 aromatic carbocycles. The second-order valence-corrected chi connectivity index (χ2v) is 5.55. The summed E-state index contributed by atoms with van der Waals surface area (Å²) in [4.78, 5) is 1.67. The number of rotatable bonds is 4. The molecule has 0 saturated carbocycles. The van der Waals surface area contributed by atoms with Gasteiger partial charge in [-0.1, -0.05) is 28.9 Å². The summed E-state index contributed by atoms with van der Waals surface area (Å²) in [6.07, 6.45) is 1.95. The number of furan rings is 1. The summed E-state index contributed by atoms with van der Waals surface area (Å²) in [5.41, 5.74) is 0. The predicted molar refractivity (Wildman–Crippen MR) is 67.8 cm³/mol. The van der Waals surface area contributed by atoms with Crippen molar-refractivity contribution in [3.8, 4) is 0 Å². The molecular formula is C12H13BrOS. The van der Waals surface area contributed by atoms with Crippen molar-refractivity contribution in [2.24, 2.45) is 0 Å². The summed E-state index contributed by atoms with van der Waals surface area (Å²) in [6, 6.07) is 8.35. The first-order valence-electron chi connectivity index (χ1n) is 5.04. The standard InChI is InChI=1S/C12H13BrOS/c1-2-9-5-6-12(14-9)11(13)8-10-4-3-7-15-10/h3-7,11H,2,8H2,1H3. The molecule has 0 saturated heterocycles. The Morgan fingerprint density at radius 1 is 1.40 bits per heavy atom. The van der Waals surface area contributed by atoms with Gasteiger partial charge in [0.15, 0.2) is 0 Å². The molecule has 0 N–H and O–H groups in total. The summed E-state index contributed by atoms with van der Waals surface area (Å²) in [5.74, 6) is 2.08. The molecule has 15 heavy (non-hydrogen) atoms. The second kappa shape index (κ2) is 4.99. The van der Waals surface area contributed by atoms with E-state index < -0.39 is 0 Å². The van der Waals surface area contributed by atoms with E-state index in [0.29, 0.717) is 0 Å². The molecule has 80 valence electrons. The Bertz CT molecular complexity index is 405. The molecule has 0 spiro atoms. The van der Waals surface area contributed by atoms with Crippen molar-refractivity contribution < 1.29 is 4.42 Å². The molecule has 0 amide bonds. The van der Waals surface area contributed by atoms with Crippen LogP contribution in [-0.2, 0) is 12.8 Å². The van der Waals surface area contributed by atoms with Gasteiger partial charge in [0.25, 0.3) is 0 Å². The van der Waals surface area contributed by atoms with E-state index in [4.69, 9.17) is 4.42 Å². The fraction of sp³-hybridized carbons (Fsp3) is 0.333. The van der Waals surface area contributed by atoms with Crippen molar-refractivity contribution in [2.45, 2.75) is 24.6 Å². The number of alkyl halides is 1. The highest BCUT2D eigenvalue weighted by Gasteiger charge is 2.12. The van der Waals surface area contributed by atoms with E-state index in [-0.39, 0.29) is 4.83 Å². The summed E-state index contributed by atoms with van der Waals surface area (Å²) in [6.45, 7) is 2.10. The van der Waals surface area contributed by atoms with Crippen LogP contribution in [0.1, 0.15) is 28.1 Å². The lowest BCUT2D eigenvalue weighted by molar-refractivity contribution is 0.468. The first kappa shape index (κ1) is 11.0. The van der Waals surface area contributed by atoms with Crippen LogP contribution in [-0.4, -0.2) is 0 Å². The van der Waals surface area contributed by atoms with Crippen LogP contribution in [0.2, 0.25) is 0 Å². The summed E-state index contributed by atoms with van der Waals surface area (Å²) >= 11 is 5.45. The van der Waals surface area contributed by atoms with Crippen LogP contribution in [0, 0.1) is 0 Å². The molecular weight excluding hydrogens is 272 g/mol. The number of aryl methyl sites for hydroxylation is 1. The highest BCUT2D eigenvalue weighted by molar-refractivity contribution is 9.09. The van der Waals surface area contributed by atoms with E-state index in [1.807, 2.05) is 0 Å². The maximum Gasteiger partial charge on any atom is 0.118 e. The first-order chi connectivity index (χ1) is 7.29. The normalized spacial score (nSPS) is 12.9. The summed E-state index contributed by atoms with van der Waals surface area (Å²) in [7, 11) is 0. The molecule has 1 unspecified atom stereocenters. The monoisotopic (exact) mass is 284 g/mol. The average Bonchev–Trinajstić information content (AvgIpc) is 2.86. The highest BCUT2D eigenvalue weighted by atomic mass is 79.9. The molecule has 0 bridgehead atoms. The second-order valence-electron chi connectivity index (χ2n) is 3.41. The molecule has 2 rings (SSSR count). The van der Waals surface area contributed by atoms with Crippen LogP contribution >= 0.6 is 27.3 Å². The average molecular weight is 285 g/mol. The van der Waals surface area contributed by atoms with Crippen LogP contribution in [0.4, 0.5) is 0 Å². The minimum Gasteiger partial charge on any atom is -0.465 e. The third-order valence-corrected chi connectivity index (χ3v) is 3.97. The molecule has 0 aliphatic rings. The van der Waals surface area contributed by atoms with Crippen LogP contribution in [0.15, 0.2) is 34.1 Å². The van der Waals surface area contributed by atoms with Gasteiger partial charge in [0.2, 0.25) is 0 Å². The van der Waals surface area contributed by atoms with Gasteiger partial charge in [0, 0.05) is 17.7 Å². The lowest BCUT2D eigenvalue weighted by Crippen LogP contribution is -1.90. The topological polar surface area (TPSA) is 13.1 Å². The van der Waals surface area contributed by atoms with E-state index in [2.05, 4.69) is 52.5 Å². The number of thiophene rings is 1. The molecule has 2 aromatic heterocycles. The predicted octanol–water partition coefficient (Wildman–Crippen LogP) is 4.58. The van der Waals surface area contributed by atoms with Gasteiger partial charge in [-0.2, -0.15) is 0 Å². The van der Waals surface area contributed by atoms with E-state index in [9.17, 15) is 0 Å². The Morgan fingerprint density at radius 2 is 2.27 bits per heavy atom. The van der Waals surface area contributed by atoms with Gasteiger partial charge in [-0.15, -0.1) is 11.3 Å². The molecule has 1 nitrogen and oxygen atoms in total. The van der Waals surface area contributed by atoms with Gasteiger partial charge in [0.05, 0.1) is 4.83 Å². The zero-order valence-electron chi connectivity index (χ0n) is 8.57. The van der Waals surface area contributed by atoms with Gasteiger partial charge < -0.3 is 4.42 Å². The van der Waals surface area contributed by atoms with Crippen LogP contribution < -0.4 is 0 Å². The lowest BCUT2D eigenvalue weighted by Gasteiger charge is -2.04. The van der Waals surface area contributed by atoms with Gasteiger partial charge in [0.1, 0.15) is 11.5 Å². The SMILES string of the molecule is CCc1ccc(C(Br)Cc2cccs2)o1. The molecule has 3 heteroatoms. The van der Waals surface area contributed by atoms with Crippen molar-refractivity contribution >= 4 is 27.3 Å². The van der Waals surface area contributed by atoms with E-state index in [1.165, 1.54) is 4.88 Å². The van der Waals surface area contributed by atoms with Crippen LogP contribution in [0.5, 0.6) is 0 Å². The molecule has 0 radical (unpaired) electrons. The molecule has 0 fully saturated rings. The van der Waals surface area contributed by atoms with Crippen molar-refractivity contribution in [3.63, 3.8) is 0 Å². The van der Waals surface area contributed by atoms with Crippen molar-refractivity contribution in [1.82, 2.24) is 0 Å². The quantitative estimate of drug-likeness (QED) is 0.749. The van der Waals surface area contributed by atoms with Gasteiger partial charge >= 0.3 is 0 Å². The Morgan fingerprint density at radius 3 is 2.87 bits per heavy atom. The van der Waals surface area contributed by atoms with Crippen molar-refractivity contribution in [3.05, 3.63) is 46.0 Å². The molecule has 2 heterocycles. The van der Waals surface area contributed by atoms with Gasteiger partial charge in [-0.05, 0) is 23.6 Å². The van der Waals surface area contributed by atoms with Crippen molar-refractivity contribution in [2.75, 3.05) is 0 Å². The zero-order chi connectivity index (χ0) is 10.7. The van der Waals surface area contributed by atoms with Crippen molar-refractivity contribution in [1.29, 1.82) is 0 Å². The van der Waals surface area contributed by atoms with Crippen LogP contribution in [0.25, 0.3) is 0 Å². The Labute approximate surface area is 102 Å². The number of hydrogen-bond acceptors (Lipinski definition) is 2. The minimum absolute atomic E-state index is 0.288. The minimum atomic E-state index is 0.288. The smallest absolute Gasteiger partial charge is 0.118 e. The largest absolute Gasteiger partial charge is 0.465 e. The zero-order valence-corrected chi connectivity index (χ0v) is 11.0. The third-order valence-electron chi connectivity index (χ3n) is 2.30. The highest BCUT2D eigenvalue weighted by Crippen LogP contribution is 2.30. The maximum atomic E-state index is 5.70. The first-order valence-corrected chi connectivity index (χ1v) is 6.84. The summed E-state index contributed by atoms with van der Waals surface area (Å²) < 4.78 is 5.70. The number of hydrogen-bond donors (Lipinski definition) is 0. The van der Waals surface area contributed by atoms with Gasteiger partial charge in [-0.25, -0.2) is 0 Å². The fourth-order valence-corrected chi connectivity index (χ4v) is 3.02. The van der Waals surface area contributed by atoms with Crippen LogP contribution in [0.3, 0.4) is 0 Å². The third kappa shape index (κ3) is 2.73. The molecule has 1 atom stereocenters. The molecule has 0 aliphatic heterocycles. The van der Waals surface area contributed by atoms with Gasteiger partial charge in [-0.3, -0.25) is 0 Å². The fourth-order valence-electron chi connectivity index (χ4n) is 1.46. The Hall–Kier alpha value is -0.540. The van der Waals surface area contributed by atoms with E-state index in [0.717, 1.165) is 24.4 Å². The Kier molecular flexibility index (Phi) is 3.65. The van der Waals surface area contributed by atoms with E-state index >= 15 is 0 Å².